The number of carbonyl (C=O) groups excluding carboxylic acids is 1. The molecule has 2 aromatic rings. The molecule has 0 N–H and O–H groups in total. The third-order valence-corrected chi connectivity index (χ3v) is 5.13. The zero-order chi connectivity index (χ0) is 16.1. The summed E-state index contributed by atoms with van der Waals surface area (Å²) in [5.74, 6) is 0.761. The Bertz CT molecular complexity index is 634. The summed E-state index contributed by atoms with van der Waals surface area (Å²) in [6, 6.07) is 18.8. The van der Waals surface area contributed by atoms with Crippen LogP contribution in [-0.2, 0) is 4.79 Å². The maximum absolute atomic E-state index is 12.4. The molecule has 0 radical (unpaired) electrons. The predicted molar refractivity (Wildman–Crippen MR) is 97.1 cm³/mol. The van der Waals surface area contributed by atoms with Crippen molar-refractivity contribution in [3.05, 3.63) is 60.2 Å². The second kappa shape index (κ2) is 7.55. The van der Waals surface area contributed by atoms with E-state index in [0.29, 0.717) is 5.75 Å². The first-order valence-electron chi connectivity index (χ1n) is 7.99. The highest BCUT2D eigenvalue weighted by Gasteiger charge is 2.21. The number of hydrogen-bond acceptors (Lipinski definition) is 3. The van der Waals surface area contributed by atoms with Crippen molar-refractivity contribution in [1.82, 2.24) is 4.90 Å². The molecular formula is C19H22N2OS. The molecule has 1 aliphatic heterocycles. The third-order valence-electron chi connectivity index (χ3n) is 4.14. The molecule has 3 rings (SSSR count). The minimum Gasteiger partial charge on any atom is -0.368 e. The zero-order valence-corrected chi connectivity index (χ0v) is 14.3. The SMILES string of the molecule is Cc1ccc(SCC(=O)N2CCN(c3ccccc3)CC2)cc1. The van der Waals surface area contributed by atoms with Crippen molar-refractivity contribution in [1.29, 1.82) is 0 Å². The highest BCUT2D eigenvalue weighted by Crippen LogP contribution is 2.20. The van der Waals surface area contributed by atoms with E-state index in [4.69, 9.17) is 0 Å². The van der Waals surface area contributed by atoms with Crippen molar-refractivity contribution in [2.45, 2.75) is 11.8 Å². The second-order valence-corrected chi connectivity index (χ2v) is 6.85. The van der Waals surface area contributed by atoms with Gasteiger partial charge in [-0.3, -0.25) is 4.79 Å². The average molecular weight is 326 g/mol. The molecular weight excluding hydrogens is 304 g/mol. The summed E-state index contributed by atoms with van der Waals surface area (Å²) >= 11 is 1.62. The summed E-state index contributed by atoms with van der Waals surface area (Å²) in [5, 5.41) is 0. The van der Waals surface area contributed by atoms with Gasteiger partial charge in [-0.2, -0.15) is 0 Å². The van der Waals surface area contributed by atoms with Crippen LogP contribution in [0, 0.1) is 6.92 Å². The minimum atomic E-state index is 0.239. The van der Waals surface area contributed by atoms with Gasteiger partial charge in [0, 0.05) is 36.8 Å². The average Bonchev–Trinajstić information content (AvgIpc) is 2.62. The third kappa shape index (κ3) is 4.29. The number of aryl methyl sites for hydroxylation is 1. The fraction of sp³-hybridized carbons (Fsp3) is 0.316. The highest BCUT2D eigenvalue weighted by atomic mass is 32.2. The Morgan fingerprint density at radius 3 is 2.26 bits per heavy atom. The second-order valence-electron chi connectivity index (χ2n) is 5.81. The lowest BCUT2D eigenvalue weighted by Gasteiger charge is -2.36. The lowest BCUT2D eigenvalue weighted by atomic mass is 10.2. The monoisotopic (exact) mass is 326 g/mol. The predicted octanol–water partition coefficient (Wildman–Crippen LogP) is 3.44. The van der Waals surface area contributed by atoms with Gasteiger partial charge in [0.2, 0.25) is 5.91 Å². The van der Waals surface area contributed by atoms with E-state index in [1.807, 2.05) is 11.0 Å². The van der Waals surface area contributed by atoms with Gasteiger partial charge < -0.3 is 9.80 Å². The van der Waals surface area contributed by atoms with E-state index in [9.17, 15) is 4.79 Å². The van der Waals surface area contributed by atoms with Crippen LogP contribution in [0.25, 0.3) is 0 Å². The molecule has 0 aliphatic carbocycles. The van der Waals surface area contributed by atoms with Gasteiger partial charge in [0.25, 0.3) is 0 Å². The van der Waals surface area contributed by atoms with Crippen LogP contribution in [-0.4, -0.2) is 42.7 Å². The number of rotatable bonds is 4. The van der Waals surface area contributed by atoms with Crippen LogP contribution in [0.5, 0.6) is 0 Å². The standard InChI is InChI=1S/C19H22N2OS/c1-16-7-9-18(10-8-16)23-15-19(22)21-13-11-20(12-14-21)17-5-3-2-4-6-17/h2-10H,11-15H2,1H3. The normalized spacial score (nSPS) is 14.8. The summed E-state index contributed by atoms with van der Waals surface area (Å²) in [6.07, 6.45) is 0. The van der Waals surface area contributed by atoms with Crippen LogP contribution in [0.1, 0.15) is 5.56 Å². The van der Waals surface area contributed by atoms with Crippen molar-refractivity contribution < 1.29 is 4.79 Å². The number of para-hydroxylation sites is 1. The Morgan fingerprint density at radius 1 is 0.957 bits per heavy atom. The quantitative estimate of drug-likeness (QED) is 0.804. The molecule has 1 fully saturated rings. The molecule has 0 saturated carbocycles. The largest absolute Gasteiger partial charge is 0.368 e. The molecule has 1 amide bonds. The maximum Gasteiger partial charge on any atom is 0.233 e. The van der Waals surface area contributed by atoms with Crippen LogP contribution < -0.4 is 4.90 Å². The molecule has 1 saturated heterocycles. The van der Waals surface area contributed by atoms with Crippen LogP contribution in [0.2, 0.25) is 0 Å². The zero-order valence-electron chi connectivity index (χ0n) is 13.4. The Balaban J connectivity index is 1.47. The first-order valence-corrected chi connectivity index (χ1v) is 8.98. The van der Waals surface area contributed by atoms with Crippen LogP contribution >= 0.6 is 11.8 Å². The molecule has 1 aliphatic rings. The molecule has 23 heavy (non-hydrogen) atoms. The van der Waals surface area contributed by atoms with Gasteiger partial charge in [-0.05, 0) is 31.2 Å². The fourth-order valence-electron chi connectivity index (χ4n) is 2.72. The van der Waals surface area contributed by atoms with Gasteiger partial charge in [0.15, 0.2) is 0 Å². The topological polar surface area (TPSA) is 23.6 Å². The van der Waals surface area contributed by atoms with Crippen molar-refractivity contribution in [3.8, 4) is 0 Å². The number of benzene rings is 2. The van der Waals surface area contributed by atoms with E-state index < -0.39 is 0 Å². The fourth-order valence-corrected chi connectivity index (χ4v) is 3.52. The summed E-state index contributed by atoms with van der Waals surface area (Å²) in [5.41, 5.74) is 2.49. The van der Waals surface area contributed by atoms with E-state index in [-0.39, 0.29) is 5.91 Å². The van der Waals surface area contributed by atoms with Crippen LogP contribution in [0.3, 0.4) is 0 Å². The summed E-state index contributed by atoms with van der Waals surface area (Å²) < 4.78 is 0. The van der Waals surface area contributed by atoms with E-state index in [0.717, 1.165) is 31.1 Å². The number of anilines is 1. The summed E-state index contributed by atoms with van der Waals surface area (Å²) in [4.78, 5) is 17.9. The molecule has 1 heterocycles. The smallest absolute Gasteiger partial charge is 0.233 e. The lowest BCUT2D eigenvalue weighted by Crippen LogP contribution is -2.49. The summed E-state index contributed by atoms with van der Waals surface area (Å²) in [7, 11) is 0. The Morgan fingerprint density at radius 2 is 1.61 bits per heavy atom. The molecule has 2 aromatic carbocycles. The van der Waals surface area contributed by atoms with Crippen LogP contribution in [0.15, 0.2) is 59.5 Å². The van der Waals surface area contributed by atoms with E-state index in [2.05, 4.69) is 60.4 Å². The number of nitrogens with zero attached hydrogens (tertiary/aromatic N) is 2. The summed E-state index contributed by atoms with van der Waals surface area (Å²) in [6.45, 7) is 5.51. The maximum atomic E-state index is 12.4. The van der Waals surface area contributed by atoms with E-state index in [1.54, 1.807) is 11.8 Å². The van der Waals surface area contributed by atoms with Gasteiger partial charge in [-0.25, -0.2) is 0 Å². The number of hydrogen-bond donors (Lipinski definition) is 0. The Hall–Kier alpha value is -1.94. The van der Waals surface area contributed by atoms with Gasteiger partial charge in [-0.1, -0.05) is 35.9 Å². The minimum absolute atomic E-state index is 0.239. The van der Waals surface area contributed by atoms with Crippen molar-refractivity contribution in [2.75, 3.05) is 36.8 Å². The molecule has 0 aromatic heterocycles. The van der Waals surface area contributed by atoms with Crippen molar-refractivity contribution in [2.24, 2.45) is 0 Å². The molecule has 0 spiro atoms. The van der Waals surface area contributed by atoms with Crippen LogP contribution in [0.4, 0.5) is 5.69 Å². The highest BCUT2D eigenvalue weighted by molar-refractivity contribution is 8.00. The van der Waals surface area contributed by atoms with Gasteiger partial charge >= 0.3 is 0 Å². The van der Waals surface area contributed by atoms with Crippen molar-refractivity contribution in [3.63, 3.8) is 0 Å². The first kappa shape index (κ1) is 15.9. The van der Waals surface area contributed by atoms with Gasteiger partial charge in [-0.15, -0.1) is 11.8 Å². The molecule has 120 valence electrons. The molecule has 4 heteroatoms. The molecule has 0 unspecified atom stereocenters. The Kier molecular flexibility index (Phi) is 5.23. The number of carbonyl (C=O) groups is 1. The number of thioether (sulfide) groups is 1. The van der Waals surface area contributed by atoms with E-state index >= 15 is 0 Å². The molecule has 0 atom stereocenters. The molecule has 0 bridgehead atoms. The number of piperazine rings is 1. The lowest BCUT2D eigenvalue weighted by molar-refractivity contribution is -0.128. The van der Waals surface area contributed by atoms with Gasteiger partial charge in [0.05, 0.1) is 5.75 Å². The van der Waals surface area contributed by atoms with Crippen molar-refractivity contribution >= 4 is 23.4 Å². The molecule has 3 nitrogen and oxygen atoms in total. The Labute approximate surface area is 142 Å². The number of amides is 1. The first-order chi connectivity index (χ1) is 11.2. The van der Waals surface area contributed by atoms with Gasteiger partial charge in [0.1, 0.15) is 0 Å². The van der Waals surface area contributed by atoms with E-state index in [1.165, 1.54) is 11.3 Å².